The summed E-state index contributed by atoms with van der Waals surface area (Å²) >= 11 is 3.43. The van der Waals surface area contributed by atoms with Gasteiger partial charge in [-0.2, -0.15) is 0 Å². The standard InChI is InChI=1S/C21H17BrFNO4/c22-15-11-19-20(27-10-9-26-19)12-17(15)24-21(25)8-6-13-5-7-18(28-13)14-3-1-2-4-16(14)23/h1-5,7,11-12H,6,8-10H2,(H,24,25). The van der Waals surface area contributed by atoms with Gasteiger partial charge in [0.25, 0.3) is 0 Å². The monoisotopic (exact) mass is 445 g/mol. The Morgan fingerprint density at radius 2 is 1.82 bits per heavy atom. The number of rotatable bonds is 5. The van der Waals surface area contributed by atoms with Crippen molar-refractivity contribution in [3.63, 3.8) is 0 Å². The van der Waals surface area contributed by atoms with E-state index in [1.54, 1.807) is 42.5 Å². The number of halogens is 2. The summed E-state index contributed by atoms with van der Waals surface area (Å²) < 4.78 is 31.3. The number of hydrogen-bond acceptors (Lipinski definition) is 4. The van der Waals surface area contributed by atoms with E-state index < -0.39 is 0 Å². The third kappa shape index (κ3) is 4.04. The predicted molar refractivity (Wildman–Crippen MR) is 106 cm³/mol. The first-order valence-electron chi connectivity index (χ1n) is 8.83. The summed E-state index contributed by atoms with van der Waals surface area (Å²) in [4.78, 5) is 12.3. The fourth-order valence-electron chi connectivity index (χ4n) is 2.93. The Morgan fingerprint density at radius 3 is 2.61 bits per heavy atom. The minimum absolute atomic E-state index is 0.166. The summed E-state index contributed by atoms with van der Waals surface area (Å²) in [6.45, 7) is 0.980. The highest BCUT2D eigenvalue weighted by molar-refractivity contribution is 9.10. The van der Waals surface area contributed by atoms with Gasteiger partial charge in [0, 0.05) is 29.4 Å². The van der Waals surface area contributed by atoms with Crippen LogP contribution in [0.15, 0.2) is 57.4 Å². The number of anilines is 1. The molecule has 144 valence electrons. The van der Waals surface area contributed by atoms with Crippen molar-refractivity contribution >= 4 is 27.5 Å². The van der Waals surface area contributed by atoms with Crippen LogP contribution in [0.4, 0.5) is 10.1 Å². The van der Waals surface area contributed by atoms with Crippen LogP contribution in [0.2, 0.25) is 0 Å². The summed E-state index contributed by atoms with van der Waals surface area (Å²) in [5, 5.41) is 2.86. The van der Waals surface area contributed by atoms with E-state index in [0.29, 0.717) is 58.4 Å². The van der Waals surface area contributed by atoms with E-state index in [0.717, 1.165) is 0 Å². The molecule has 5 nitrogen and oxygen atoms in total. The van der Waals surface area contributed by atoms with Crippen molar-refractivity contribution in [2.75, 3.05) is 18.5 Å². The third-order valence-corrected chi connectivity index (χ3v) is 4.96. The maximum absolute atomic E-state index is 13.9. The number of aryl methyl sites for hydroxylation is 1. The molecule has 4 rings (SSSR count). The lowest BCUT2D eigenvalue weighted by molar-refractivity contribution is -0.116. The number of carbonyl (C=O) groups excluding carboxylic acids is 1. The van der Waals surface area contributed by atoms with Gasteiger partial charge in [0.2, 0.25) is 5.91 Å². The molecule has 1 aromatic heterocycles. The average Bonchev–Trinajstić information content (AvgIpc) is 3.16. The molecule has 0 saturated heterocycles. The molecule has 1 N–H and O–H groups in total. The van der Waals surface area contributed by atoms with Gasteiger partial charge in [-0.3, -0.25) is 4.79 Å². The molecule has 0 bridgehead atoms. The normalized spacial score (nSPS) is 12.6. The molecule has 1 aliphatic rings. The largest absolute Gasteiger partial charge is 0.486 e. The first-order valence-corrected chi connectivity index (χ1v) is 9.62. The van der Waals surface area contributed by atoms with Crippen molar-refractivity contribution in [2.24, 2.45) is 0 Å². The number of hydrogen-bond donors (Lipinski definition) is 1. The highest BCUT2D eigenvalue weighted by atomic mass is 79.9. The van der Waals surface area contributed by atoms with E-state index in [1.165, 1.54) is 6.07 Å². The van der Waals surface area contributed by atoms with Gasteiger partial charge < -0.3 is 19.2 Å². The van der Waals surface area contributed by atoms with Crippen LogP contribution in [0.1, 0.15) is 12.2 Å². The molecule has 0 radical (unpaired) electrons. The molecular weight excluding hydrogens is 429 g/mol. The molecule has 2 heterocycles. The molecule has 7 heteroatoms. The molecule has 0 fully saturated rings. The van der Waals surface area contributed by atoms with Gasteiger partial charge in [-0.05, 0) is 40.2 Å². The lowest BCUT2D eigenvalue weighted by Gasteiger charge is -2.20. The van der Waals surface area contributed by atoms with Crippen LogP contribution >= 0.6 is 15.9 Å². The second kappa shape index (κ2) is 8.06. The topological polar surface area (TPSA) is 60.7 Å². The van der Waals surface area contributed by atoms with Gasteiger partial charge in [0.1, 0.15) is 30.6 Å². The highest BCUT2D eigenvalue weighted by Gasteiger charge is 2.16. The van der Waals surface area contributed by atoms with E-state index in [1.807, 2.05) is 0 Å². The van der Waals surface area contributed by atoms with Crippen molar-refractivity contribution in [3.8, 4) is 22.8 Å². The number of benzene rings is 2. The molecule has 3 aromatic rings. The molecule has 1 aliphatic heterocycles. The lowest BCUT2D eigenvalue weighted by Crippen LogP contribution is -2.17. The van der Waals surface area contributed by atoms with E-state index in [-0.39, 0.29) is 18.1 Å². The molecule has 1 amide bonds. The van der Waals surface area contributed by atoms with Gasteiger partial charge in [0.05, 0.1) is 11.3 Å². The SMILES string of the molecule is O=C(CCc1ccc(-c2ccccc2F)o1)Nc1cc2c(cc1Br)OCCO2. The summed E-state index contributed by atoms with van der Waals surface area (Å²) in [6.07, 6.45) is 0.633. The van der Waals surface area contributed by atoms with Crippen molar-refractivity contribution < 1.29 is 23.1 Å². The summed E-state index contributed by atoms with van der Waals surface area (Å²) in [6, 6.07) is 13.4. The minimum Gasteiger partial charge on any atom is -0.486 e. The molecule has 0 spiro atoms. The van der Waals surface area contributed by atoms with Crippen molar-refractivity contribution in [1.82, 2.24) is 0 Å². The Kier molecular flexibility index (Phi) is 5.34. The number of fused-ring (bicyclic) bond motifs is 1. The zero-order valence-electron chi connectivity index (χ0n) is 14.8. The summed E-state index contributed by atoms with van der Waals surface area (Å²) in [5.41, 5.74) is 1.01. The molecule has 0 aliphatic carbocycles. The number of nitrogens with one attached hydrogen (secondary N) is 1. The van der Waals surface area contributed by atoms with Crippen LogP contribution in [-0.2, 0) is 11.2 Å². The fraction of sp³-hybridized carbons (Fsp3) is 0.190. The maximum atomic E-state index is 13.9. The molecule has 0 saturated carbocycles. The Morgan fingerprint density at radius 1 is 1.07 bits per heavy atom. The highest BCUT2D eigenvalue weighted by Crippen LogP contribution is 2.38. The maximum Gasteiger partial charge on any atom is 0.224 e. The van der Waals surface area contributed by atoms with E-state index in [4.69, 9.17) is 13.9 Å². The lowest BCUT2D eigenvalue weighted by atomic mass is 10.1. The quantitative estimate of drug-likeness (QED) is 0.586. The van der Waals surface area contributed by atoms with Crippen molar-refractivity contribution in [1.29, 1.82) is 0 Å². The van der Waals surface area contributed by atoms with E-state index >= 15 is 0 Å². The van der Waals surface area contributed by atoms with Gasteiger partial charge >= 0.3 is 0 Å². The van der Waals surface area contributed by atoms with Crippen LogP contribution in [0.25, 0.3) is 11.3 Å². The van der Waals surface area contributed by atoms with Crippen LogP contribution in [0.5, 0.6) is 11.5 Å². The van der Waals surface area contributed by atoms with Crippen molar-refractivity contribution in [2.45, 2.75) is 12.8 Å². The second-order valence-electron chi connectivity index (χ2n) is 6.27. The zero-order valence-corrected chi connectivity index (χ0v) is 16.4. The summed E-state index contributed by atoms with van der Waals surface area (Å²) in [7, 11) is 0. The van der Waals surface area contributed by atoms with Crippen LogP contribution in [0.3, 0.4) is 0 Å². The van der Waals surface area contributed by atoms with Gasteiger partial charge in [-0.15, -0.1) is 0 Å². The smallest absolute Gasteiger partial charge is 0.224 e. The third-order valence-electron chi connectivity index (χ3n) is 4.31. The van der Waals surface area contributed by atoms with Gasteiger partial charge in [0.15, 0.2) is 11.5 Å². The van der Waals surface area contributed by atoms with Crippen LogP contribution in [-0.4, -0.2) is 19.1 Å². The first-order chi connectivity index (χ1) is 13.6. The van der Waals surface area contributed by atoms with E-state index in [9.17, 15) is 9.18 Å². The number of furan rings is 1. The second-order valence-corrected chi connectivity index (χ2v) is 7.12. The van der Waals surface area contributed by atoms with Crippen LogP contribution in [0, 0.1) is 5.82 Å². The van der Waals surface area contributed by atoms with Crippen LogP contribution < -0.4 is 14.8 Å². The number of carbonyl (C=O) groups is 1. The van der Waals surface area contributed by atoms with Gasteiger partial charge in [-0.25, -0.2) is 4.39 Å². The number of ether oxygens (including phenoxy) is 2. The van der Waals surface area contributed by atoms with Crippen molar-refractivity contribution in [3.05, 3.63) is 64.6 Å². The van der Waals surface area contributed by atoms with Gasteiger partial charge in [-0.1, -0.05) is 12.1 Å². The Labute approximate surface area is 169 Å². The molecule has 2 aromatic carbocycles. The Hall–Kier alpha value is -2.80. The number of amides is 1. The average molecular weight is 446 g/mol. The predicted octanol–water partition coefficient (Wildman–Crippen LogP) is 5.19. The minimum atomic E-state index is -0.343. The Balaban J connectivity index is 1.38. The fourth-order valence-corrected chi connectivity index (χ4v) is 3.35. The Bertz CT molecular complexity index is 1020. The molecule has 0 unspecified atom stereocenters. The molecule has 0 atom stereocenters. The molecule has 28 heavy (non-hydrogen) atoms. The van der Waals surface area contributed by atoms with E-state index in [2.05, 4.69) is 21.2 Å². The summed E-state index contributed by atoms with van der Waals surface area (Å²) in [5.74, 6) is 1.81. The molecular formula is C21H17BrFNO4. The zero-order chi connectivity index (χ0) is 19.5. The first kappa shape index (κ1) is 18.6.